The first-order valence-electron chi connectivity index (χ1n) is 5.18. The molecule has 0 aliphatic carbocycles. The van der Waals surface area contributed by atoms with Gasteiger partial charge in [0.2, 0.25) is 0 Å². The molecule has 0 atom stereocenters. The minimum absolute atomic E-state index is 0.0897. The third kappa shape index (κ3) is 3.15. The summed E-state index contributed by atoms with van der Waals surface area (Å²) in [5, 5.41) is 0.0897. The molecule has 0 unspecified atom stereocenters. The first-order chi connectivity index (χ1) is 8.56. The van der Waals surface area contributed by atoms with Crippen molar-refractivity contribution in [2.45, 2.75) is 10.6 Å². The minimum Gasteiger partial charge on any atom is -0.399 e. The second-order valence-electron chi connectivity index (χ2n) is 3.72. The summed E-state index contributed by atoms with van der Waals surface area (Å²) in [4.78, 5) is 0.659. The van der Waals surface area contributed by atoms with E-state index in [0.717, 1.165) is 0 Å². The van der Waals surface area contributed by atoms with Gasteiger partial charge in [-0.2, -0.15) is 0 Å². The van der Waals surface area contributed by atoms with Gasteiger partial charge in [-0.3, -0.25) is 0 Å². The predicted octanol–water partition coefficient (Wildman–Crippen LogP) is 4.49. The van der Waals surface area contributed by atoms with Gasteiger partial charge in [-0.15, -0.1) is 11.8 Å². The van der Waals surface area contributed by atoms with Crippen molar-refractivity contribution in [1.29, 1.82) is 0 Å². The Morgan fingerprint density at radius 1 is 1.17 bits per heavy atom. The Labute approximate surface area is 113 Å². The van der Waals surface area contributed by atoms with E-state index in [1.807, 2.05) is 0 Å². The Hall–Kier alpha value is -1.26. The fourth-order valence-electron chi connectivity index (χ4n) is 1.49. The number of hydrogen-bond acceptors (Lipinski definition) is 2. The molecule has 2 N–H and O–H groups in total. The number of halogens is 3. The first kappa shape index (κ1) is 13.2. The largest absolute Gasteiger partial charge is 0.399 e. The molecule has 0 aliphatic rings. The van der Waals surface area contributed by atoms with Crippen LogP contribution in [0, 0.1) is 11.6 Å². The summed E-state index contributed by atoms with van der Waals surface area (Å²) in [6.07, 6.45) is 0. The summed E-state index contributed by atoms with van der Waals surface area (Å²) in [5.41, 5.74) is 6.37. The molecule has 0 saturated heterocycles. The average molecular weight is 286 g/mol. The first-order valence-corrected chi connectivity index (χ1v) is 6.54. The quantitative estimate of drug-likeness (QED) is 0.664. The Bertz CT molecular complexity index is 555. The van der Waals surface area contributed by atoms with Gasteiger partial charge in [0, 0.05) is 16.3 Å². The maximum atomic E-state index is 13.6. The Kier molecular flexibility index (Phi) is 4.09. The second-order valence-corrected chi connectivity index (χ2v) is 5.18. The summed E-state index contributed by atoms with van der Waals surface area (Å²) >= 11 is 6.99. The predicted molar refractivity (Wildman–Crippen MR) is 71.8 cm³/mol. The van der Waals surface area contributed by atoms with Crippen molar-refractivity contribution in [1.82, 2.24) is 0 Å². The molecule has 2 aromatic carbocycles. The molecule has 0 radical (unpaired) electrons. The zero-order chi connectivity index (χ0) is 13.1. The Balaban J connectivity index is 2.14. The minimum atomic E-state index is -0.434. The van der Waals surface area contributed by atoms with Crippen LogP contribution in [0.4, 0.5) is 14.5 Å². The lowest BCUT2D eigenvalue weighted by molar-refractivity contribution is 0.617. The van der Waals surface area contributed by atoms with Crippen LogP contribution in [0.25, 0.3) is 0 Å². The molecule has 1 nitrogen and oxygen atoms in total. The molecule has 0 amide bonds. The van der Waals surface area contributed by atoms with Gasteiger partial charge in [0.15, 0.2) is 0 Å². The molecule has 0 fully saturated rings. The highest BCUT2D eigenvalue weighted by atomic mass is 35.5. The molecule has 0 aromatic heterocycles. The second kappa shape index (κ2) is 5.59. The highest BCUT2D eigenvalue weighted by Gasteiger charge is 2.07. The number of rotatable bonds is 3. The van der Waals surface area contributed by atoms with Crippen LogP contribution in [-0.2, 0) is 5.75 Å². The van der Waals surface area contributed by atoms with Crippen LogP contribution < -0.4 is 5.73 Å². The third-order valence-corrected chi connectivity index (χ3v) is 3.64. The maximum Gasteiger partial charge on any atom is 0.145 e. The van der Waals surface area contributed by atoms with Gasteiger partial charge in [-0.1, -0.05) is 23.7 Å². The summed E-state index contributed by atoms with van der Waals surface area (Å²) in [6.45, 7) is 0. The molecule has 0 bridgehead atoms. The van der Waals surface area contributed by atoms with Crippen LogP contribution in [0.15, 0.2) is 41.3 Å². The lowest BCUT2D eigenvalue weighted by Crippen LogP contribution is -1.90. The van der Waals surface area contributed by atoms with Gasteiger partial charge in [0.05, 0.1) is 5.02 Å². The molecule has 18 heavy (non-hydrogen) atoms. The number of benzene rings is 2. The zero-order valence-corrected chi connectivity index (χ0v) is 10.9. The SMILES string of the molecule is Nc1cc(F)cc(SCc2cccc(Cl)c2F)c1. The molecule has 0 aliphatic heterocycles. The number of nitrogen functional groups attached to an aromatic ring is 1. The van der Waals surface area contributed by atoms with Gasteiger partial charge in [-0.05, 0) is 29.8 Å². The maximum absolute atomic E-state index is 13.6. The summed E-state index contributed by atoms with van der Waals surface area (Å²) < 4.78 is 26.7. The molecule has 0 heterocycles. The van der Waals surface area contributed by atoms with Crippen molar-refractivity contribution in [3.63, 3.8) is 0 Å². The van der Waals surface area contributed by atoms with E-state index in [9.17, 15) is 8.78 Å². The average Bonchev–Trinajstić information content (AvgIpc) is 2.30. The number of anilines is 1. The third-order valence-electron chi connectivity index (χ3n) is 2.32. The topological polar surface area (TPSA) is 26.0 Å². The fourth-order valence-corrected chi connectivity index (χ4v) is 2.64. The lowest BCUT2D eigenvalue weighted by atomic mass is 10.2. The zero-order valence-electron chi connectivity index (χ0n) is 9.29. The molecule has 5 heteroatoms. The van der Waals surface area contributed by atoms with E-state index >= 15 is 0 Å². The van der Waals surface area contributed by atoms with Crippen LogP contribution >= 0.6 is 23.4 Å². The molecular weight excluding hydrogens is 276 g/mol. The van der Waals surface area contributed by atoms with E-state index in [-0.39, 0.29) is 5.02 Å². The lowest BCUT2D eigenvalue weighted by Gasteiger charge is -2.05. The molecular formula is C13H10ClF2NS. The van der Waals surface area contributed by atoms with Crippen LogP contribution in [0.5, 0.6) is 0 Å². The highest BCUT2D eigenvalue weighted by Crippen LogP contribution is 2.28. The normalized spacial score (nSPS) is 10.6. The molecule has 2 rings (SSSR count). The van der Waals surface area contributed by atoms with Crippen molar-refractivity contribution in [3.05, 3.63) is 58.6 Å². The standard InChI is InChI=1S/C13H10ClF2NS/c14-12-3-1-2-8(13(12)16)7-18-11-5-9(15)4-10(17)6-11/h1-6H,7,17H2. The van der Waals surface area contributed by atoms with Crippen LogP contribution in [0.3, 0.4) is 0 Å². The van der Waals surface area contributed by atoms with E-state index in [1.54, 1.807) is 18.2 Å². The fraction of sp³-hybridized carbons (Fsp3) is 0.0769. The number of nitrogens with two attached hydrogens (primary N) is 1. The summed E-state index contributed by atoms with van der Waals surface area (Å²) in [7, 11) is 0. The van der Waals surface area contributed by atoms with Crippen molar-refractivity contribution < 1.29 is 8.78 Å². The smallest absolute Gasteiger partial charge is 0.145 e. The van der Waals surface area contributed by atoms with Crippen LogP contribution in [-0.4, -0.2) is 0 Å². The van der Waals surface area contributed by atoms with Gasteiger partial charge in [-0.25, -0.2) is 8.78 Å². The van der Waals surface area contributed by atoms with E-state index < -0.39 is 11.6 Å². The molecule has 0 spiro atoms. The number of thioether (sulfide) groups is 1. The summed E-state index contributed by atoms with van der Waals surface area (Å²) in [6, 6.07) is 9.08. The van der Waals surface area contributed by atoms with E-state index in [1.165, 1.54) is 30.0 Å². The number of hydrogen-bond donors (Lipinski definition) is 1. The highest BCUT2D eigenvalue weighted by molar-refractivity contribution is 7.98. The Morgan fingerprint density at radius 2 is 1.94 bits per heavy atom. The molecule has 2 aromatic rings. The molecule has 0 saturated carbocycles. The monoisotopic (exact) mass is 285 g/mol. The van der Waals surface area contributed by atoms with Crippen molar-refractivity contribution in [3.8, 4) is 0 Å². The van der Waals surface area contributed by atoms with E-state index in [4.69, 9.17) is 17.3 Å². The van der Waals surface area contributed by atoms with Crippen LogP contribution in [0.2, 0.25) is 5.02 Å². The van der Waals surface area contributed by atoms with Gasteiger partial charge in [0.1, 0.15) is 11.6 Å². The van der Waals surface area contributed by atoms with Crippen LogP contribution in [0.1, 0.15) is 5.56 Å². The van der Waals surface area contributed by atoms with Gasteiger partial charge in [0.25, 0.3) is 0 Å². The molecule has 94 valence electrons. The van der Waals surface area contributed by atoms with Crippen molar-refractivity contribution >= 4 is 29.1 Å². The van der Waals surface area contributed by atoms with E-state index in [0.29, 0.717) is 21.9 Å². The van der Waals surface area contributed by atoms with Gasteiger partial charge >= 0.3 is 0 Å². The van der Waals surface area contributed by atoms with Crippen molar-refractivity contribution in [2.24, 2.45) is 0 Å². The van der Waals surface area contributed by atoms with Gasteiger partial charge < -0.3 is 5.73 Å². The Morgan fingerprint density at radius 3 is 2.67 bits per heavy atom. The van der Waals surface area contributed by atoms with Crippen molar-refractivity contribution in [2.75, 3.05) is 5.73 Å². The van der Waals surface area contributed by atoms with E-state index in [2.05, 4.69) is 0 Å². The summed E-state index contributed by atoms with van der Waals surface area (Å²) in [5.74, 6) is -0.463.